The van der Waals surface area contributed by atoms with Gasteiger partial charge in [0.15, 0.2) is 0 Å². The molecule has 8 heavy (non-hydrogen) atoms. The van der Waals surface area contributed by atoms with Gasteiger partial charge in [-0.2, -0.15) is 0 Å². The quantitative estimate of drug-likeness (QED) is 0.542. The van der Waals surface area contributed by atoms with E-state index in [2.05, 4.69) is 19.3 Å². The normalized spacial score (nSPS) is 38.2. The minimum atomic E-state index is 0.824. The predicted octanol–water partition coefficient (Wildman–Crippen LogP) is 1.39. The molecule has 0 spiro atoms. The van der Waals surface area contributed by atoms with E-state index in [0.29, 0.717) is 0 Å². The summed E-state index contributed by atoms with van der Waals surface area (Å²) in [4.78, 5) is 0. The van der Waals surface area contributed by atoms with Crippen molar-refractivity contribution in [1.29, 1.82) is 0 Å². The Labute approximate surface area is 51.5 Å². The zero-order valence-corrected chi connectivity index (χ0v) is 5.78. The Balaban J connectivity index is 2.22. The van der Waals surface area contributed by atoms with Crippen LogP contribution in [0.5, 0.6) is 0 Å². The van der Waals surface area contributed by atoms with Gasteiger partial charge in [-0.05, 0) is 32.2 Å². The molecule has 1 aliphatic carbocycles. The molecule has 1 rings (SSSR count). The lowest BCUT2D eigenvalue weighted by Gasteiger charge is -2.04. The number of hydrogen-bond donors (Lipinski definition) is 1. The number of rotatable bonds is 1. The number of nitrogens with one attached hydrogen (secondary N) is 1. The average molecular weight is 113 g/mol. The molecular weight excluding hydrogens is 98.1 g/mol. The summed E-state index contributed by atoms with van der Waals surface area (Å²) < 4.78 is 0. The van der Waals surface area contributed by atoms with Gasteiger partial charge in [-0.1, -0.05) is 6.92 Å². The standard InChI is InChI=1S/C7H15N/c1-6-3-4-7(5-6)8-2/h6-8H,3-5H2,1-2H3/t6-,7-/m1/s1. The lowest BCUT2D eigenvalue weighted by atomic mass is 10.1. The fourth-order valence-electron chi connectivity index (χ4n) is 1.47. The monoisotopic (exact) mass is 113 g/mol. The highest BCUT2D eigenvalue weighted by Gasteiger charge is 2.18. The summed E-state index contributed by atoms with van der Waals surface area (Å²) in [6.45, 7) is 2.33. The first kappa shape index (κ1) is 6.09. The summed E-state index contributed by atoms with van der Waals surface area (Å²) in [7, 11) is 2.06. The summed E-state index contributed by atoms with van der Waals surface area (Å²) >= 11 is 0. The third kappa shape index (κ3) is 1.22. The van der Waals surface area contributed by atoms with E-state index in [-0.39, 0.29) is 0 Å². The maximum absolute atomic E-state index is 3.29. The molecule has 2 atom stereocenters. The Hall–Kier alpha value is -0.0400. The van der Waals surface area contributed by atoms with E-state index in [1.807, 2.05) is 0 Å². The zero-order valence-electron chi connectivity index (χ0n) is 5.78. The predicted molar refractivity (Wildman–Crippen MR) is 35.9 cm³/mol. The maximum atomic E-state index is 3.29. The van der Waals surface area contributed by atoms with Crippen LogP contribution in [-0.4, -0.2) is 13.1 Å². The fourth-order valence-corrected chi connectivity index (χ4v) is 1.47. The highest BCUT2D eigenvalue weighted by atomic mass is 14.9. The topological polar surface area (TPSA) is 12.0 Å². The Morgan fingerprint density at radius 1 is 1.38 bits per heavy atom. The van der Waals surface area contributed by atoms with Gasteiger partial charge in [-0.3, -0.25) is 0 Å². The molecule has 0 aliphatic heterocycles. The Morgan fingerprint density at radius 3 is 2.38 bits per heavy atom. The molecule has 1 nitrogen and oxygen atoms in total. The van der Waals surface area contributed by atoms with Crippen molar-refractivity contribution in [2.75, 3.05) is 7.05 Å². The van der Waals surface area contributed by atoms with Crippen molar-refractivity contribution in [1.82, 2.24) is 5.32 Å². The van der Waals surface area contributed by atoms with E-state index in [1.165, 1.54) is 19.3 Å². The highest BCUT2D eigenvalue weighted by Crippen LogP contribution is 2.23. The second-order valence-electron chi connectivity index (χ2n) is 2.90. The molecule has 0 heterocycles. The van der Waals surface area contributed by atoms with Crippen LogP contribution in [0.25, 0.3) is 0 Å². The van der Waals surface area contributed by atoms with E-state index in [9.17, 15) is 0 Å². The minimum absolute atomic E-state index is 0.824. The summed E-state index contributed by atoms with van der Waals surface area (Å²) in [5, 5.41) is 3.29. The molecule has 0 bridgehead atoms. The SMILES string of the molecule is CN[C@@H]1CC[C@@H](C)C1. The molecule has 1 heteroatoms. The number of hydrogen-bond acceptors (Lipinski definition) is 1. The fraction of sp³-hybridized carbons (Fsp3) is 1.00. The van der Waals surface area contributed by atoms with Crippen molar-refractivity contribution in [3.8, 4) is 0 Å². The summed E-state index contributed by atoms with van der Waals surface area (Å²) in [6, 6.07) is 0.824. The van der Waals surface area contributed by atoms with Crippen molar-refractivity contribution in [2.24, 2.45) is 5.92 Å². The van der Waals surface area contributed by atoms with Crippen molar-refractivity contribution in [3.63, 3.8) is 0 Å². The molecule has 0 saturated heterocycles. The molecule has 0 aromatic carbocycles. The summed E-state index contributed by atoms with van der Waals surface area (Å²) in [6.07, 6.45) is 4.19. The van der Waals surface area contributed by atoms with E-state index in [1.54, 1.807) is 0 Å². The third-order valence-electron chi connectivity index (χ3n) is 2.10. The molecule has 0 aromatic heterocycles. The van der Waals surface area contributed by atoms with Crippen LogP contribution in [0.15, 0.2) is 0 Å². The average Bonchev–Trinajstić information content (AvgIpc) is 2.14. The van der Waals surface area contributed by atoms with Gasteiger partial charge in [0.1, 0.15) is 0 Å². The van der Waals surface area contributed by atoms with Crippen LogP contribution in [0.4, 0.5) is 0 Å². The van der Waals surface area contributed by atoms with Crippen LogP contribution < -0.4 is 5.32 Å². The van der Waals surface area contributed by atoms with Crippen molar-refractivity contribution >= 4 is 0 Å². The lowest BCUT2D eigenvalue weighted by molar-refractivity contribution is 0.544. The van der Waals surface area contributed by atoms with Crippen LogP contribution in [0, 0.1) is 5.92 Å². The Bertz CT molecular complexity index is 70.8. The second kappa shape index (κ2) is 2.49. The van der Waals surface area contributed by atoms with Gasteiger partial charge in [0.2, 0.25) is 0 Å². The first-order chi connectivity index (χ1) is 3.83. The summed E-state index contributed by atoms with van der Waals surface area (Å²) in [5.41, 5.74) is 0. The smallest absolute Gasteiger partial charge is 0.00667 e. The van der Waals surface area contributed by atoms with Gasteiger partial charge in [-0.25, -0.2) is 0 Å². The Kier molecular flexibility index (Phi) is 1.90. The van der Waals surface area contributed by atoms with Crippen LogP contribution >= 0.6 is 0 Å². The highest BCUT2D eigenvalue weighted by molar-refractivity contribution is 4.76. The first-order valence-electron chi connectivity index (χ1n) is 3.50. The third-order valence-corrected chi connectivity index (χ3v) is 2.10. The molecule has 1 N–H and O–H groups in total. The van der Waals surface area contributed by atoms with E-state index in [0.717, 1.165) is 12.0 Å². The van der Waals surface area contributed by atoms with Crippen LogP contribution in [0.3, 0.4) is 0 Å². The van der Waals surface area contributed by atoms with E-state index in [4.69, 9.17) is 0 Å². The van der Waals surface area contributed by atoms with Gasteiger partial charge in [0.05, 0.1) is 0 Å². The lowest BCUT2D eigenvalue weighted by Crippen LogP contribution is -2.20. The molecule has 0 aromatic rings. The molecule has 0 unspecified atom stereocenters. The van der Waals surface area contributed by atoms with Gasteiger partial charge in [0, 0.05) is 6.04 Å². The zero-order chi connectivity index (χ0) is 5.98. The van der Waals surface area contributed by atoms with Crippen LogP contribution in [0.1, 0.15) is 26.2 Å². The van der Waals surface area contributed by atoms with Gasteiger partial charge in [-0.15, -0.1) is 0 Å². The van der Waals surface area contributed by atoms with Gasteiger partial charge >= 0.3 is 0 Å². The van der Waals surface area contributed by atoms with E-state index < -0.39 is 0 Å². The van der Waals surface area contributed by atoms with Crippen LogP contribution in [0.2, 0.25) is 0 Å². The Morgan fingerprint density at radius 2 is 2.12 bits per heavy atom. The summed E-state index contributed by atoms with van der Waals surface area (Å²) in [5.74, 6) is 0.965. The molecule has 0 amide bonds. The molecular formula is C7H15N. The molecule has 1 fully saturated rings. The molecule has 1 aliphatic rings. The van der Waals surface area contributed by atoms with Gasteiger partial charge in [0.25, 0.3) is 0 Å². The van der Waals surface area contributed by atoms with Gasteiger partial charge < -0.3 is 5.32 Å². The largest absolute Gasteiger partial charge is 0.317 e. The minimum Gasteiger partial charge on any atom is -0.317 e. The second-order valence-corrected chi connectivity index (χ2v) is 2.90. The van der Waals surface area contributed by atoms with Crippen LogP contribution in [-0.2, 0) is 0 Å². The molecule has 0 radical (unpaired) electrons. The first-order valence-corrected chi connectivity index (χ1v) is 3.50. The van der Waals surface area contributed by atoms with E-state index >= 15 is 0 Å². The van der Waals surface area contributed by atoms with Crippen molar-refractivity contribution < 1.29 is 0 Å². The van der Waals surface area contributed by atoms with Crippen molar-refractivity contribution in [3.05, 3.63) is 0 Å². The molecule has 48 valence electrons. The maximum Gasteiger partial charge on any atom is 0.00667 e. The van der Waals surface area contributed by atoms with Crippen molar-refractivity contribution in [2.45, 2.75) is 32.2 Å². The molecule has 1 saturated carbocycles.